The fourth-order valence-electron chi connectivity index (χ4n) is 1.61. The van der Waals surface area contributed by atoms with E-state index in [-0.39, 0.29) is 11.6 Å². The van der Waals surface area contributed by atoms with E-state index in [9.17, 15) is 4.79 Å². The Bertz CT molecular complexity index is 574. The van der Waals surface area contributed by atoms with Gasteiger partial charge in [-0.25, -0.2) is 4.98 Å². The molecule has 0 saturated heterocycles. The van der Waals surface area contributed by atoms with E-state index in [1.165, 1.54) is 6.20 Å². The Balaban J connectivity index is 2.05. The highest BCUT2D eigenvalue weighted by Crippen LogP contribution is 2.11. The van der Waals surface area contributed by atoms with Crippen LogP contribution in [-0.2, 0) is 6.54 Å². The second-order valence-electron chi connectivity index (χ2n) is 4.02. The molecule has 2 aromatic heterocycles. The Morgan fingerprint density at radius 1 is 1.37 bits per heavy atom. The van der Waals surface area contributed by atoms with E-state index in [1.807, 2.05) is 13.8 Å². The minimum Gasteiger partial charge on any atom is -0.372 e. The molecule has 7 nitrogen and oxygen atoms in total. The Labute approximate surface area is 110 Å². The molecule has 0 fully saturated rings. The smallest absolute Gasteiger partial charge is 0.271 e. The number of anilines is 1. The van der Waals surface area contributed by atoms with Crippen LogP contribution in [-0.4, -0.2) is 28.1 Å². The van der Waals surface area contributed by atoms with Crippen molar-refractivity contribution in [2.75, 3.05) is 12.4 Å². The van der Waals surface area contributed by atoms with Crippen LogP contribution >= 0.6 is 0 Å². The van der Waals surface area contributed by atoms with Crippen LogP contribution in [0.2, 0.25) is 0 Å². The molecule has 2 rings (SSSR count). The average molecular weight is 261 g/mol. The van der Waals surface area contributed by atoms with Gasteiger partial charge in [0.2, 0.25) is 0 Å². The maximum Gasteiger partial charge on any atom is 0.271 e. The number of amides is 1. The number of rotatable bonds is 4. The summed E-state index contributed by atoms with van der Waals surface area (Å²) in [6.45, 7) is 3.99. The predicted octanol–water partition coefficient (Wildman–Crippen LogP) is 1.05. The molecule has 0 atom stereocenters. The SMILES string of the molecule is CNc1cncc(C(=O)NCc2c(C)noc2C)n1. The summed E-state index contributed by atoms with van der Waals surface area (Å²) in [7, 11) is 1.72. The lowest BCUT2D eigenvalue weighted by Gasteiger charge is -2.05. The molecular formula is C12H15N5O2. The van der Waals surface area contributed by atoms with Gasteiger partial charge in [0.05, 0.1) is 18.1 Å². The van der Waals surface area contributed by atoms with Gasteiger partial charge in [0, 0.05) is 19.2 Å². The molecule has 0 bridgehead atoms. The van der Waals surface area contributed by atoms with Crippen LogP contribution in [0.4, 0.5) is 5.82 Å². The van der Waals surface area contributed by atoms with E-state index in [0.717, 1.165) is 11.3 Å². The van der Waals surface area contributed by atoms with Crippen LogP contribution in [0.25, 0.3) is 0 Å². The molecule has 0 unspecified atom stereocenters. The number of nitrogens with one attached hydrogen (secondary N) is 2. The molecule has 0 saturated carbocycles. The maximum absolute atomic E-state index is 11.9. The third kappa shape index (κ3) is 2.87. The highest BCUT2D eigenvalue weighted by atomic mass is 16.5. The first kappa shape index (κ1) is 13.0. The third-order valence-electron chi connectivity index (χ3n) is 2.73. The molecule has 0 aliphatic carbocycles. The monoisotopic (exact) mass is 261 g/mol. The number of carbonyl (C=O) groups excluding carboxylic acids is 1. The highest BCUT2D eigenvalue weighted by Gasteiger charge is 2.12. The van der Waals surface area contributed by atoms with Crippen LogP contribution in [0.5, 0.6) is 0 Å². The van der Waals surface area contributed by atoms with Gasteiger partial charge in [-0.2, -0.15) is 0 Å². The van der Waals surface area contributed by atoms with Crippen LogP contribution in [0.3, 0.4) is 0 Å². The molecule has 0 spiro atoms. The van der Waals surface area contributed by atoms with Crippen LogP contribution in [0, 0.1) is 13.8 Å². The minimum atomic E-state index is -0.287. The van der Waals surface area contributed by atoms with Gasteiger partial charge in [-0.1, -0.05) is 5.16 Å². The summed E-state index contributed by atoms with van der Waals surface area (Å²) in [5, 5.41) is 9.43. The highest BCUT2D eigenvalue weighted by molar-refractivity contribution is 5.92. The molecule has 1 amide bonds. The fraction of sp³-hybridized carbons (Fsp3) is 0.333. The molecular weight excluding hydrogens is 246 g/mol. The van der Waals surface area contributed by atoms with Gasteiger partial charge >= 0.3 is 0 Å². The van der Waals surface area contributed by atoms with Crippen molar-refractivity contribution in [2.45, 2.75) is 20.4 Å². The number of hydrogen-bond acceptors (Lipinski definition) is 6. The van der Waals surface area contributed by atoms with Gasteiger partial charge < -0.3 is 15.2 Å². The Morgan fingerprint density at radius 3 is 2.79 bits per heavy atom. The third-order valence-corrected chi connectivity index (χ3v) is 2.73. The first-order chi connectivity index (χ1) is 9.11. The normalized spacial score (nSPS) is 10.3. The summed E-state index contributed by atoms with van der Waals surface area (Å²) >= 11 is 0. The summed E-state index contributed by atoms with van der Waals surface area (Å²) in [4.78, 5) is 20.0. The van der Waals surface area contributed by atoms with E-state index < -0.39 is 0 Å². The number of aryl methyl sites for hydroxylation is 2. The molecule has 2 aromatic rings. The second-order valence-corrected chi connectivity index (χ2v) is 4.02. The van der Waals surface area contributed by atoms with Gasteiger partial charge in [-0.3, -0.25) is 9.78 Å². The van der Waals surface area contributed by atoms with Crippen molar-refractivity contribution in [1.82, 2.24) is 20.4 Å². The molecule has 100 valence electrons. The van der Waals surface area contributed by atoms with E-state index in [1.54, 1.807) is 13.2 Å². The van der Waals surface area contributed by atoms with Gasteiger partial charge in [-0.15, -0.1) is 0 Å². The van der Waals surface area contributed by atoms with E-state index in [4.69, 9.17) is 4.52 Å². The first-order valence-electron chi connectivity index (χ1n) is 5.81. The first-order valence-corrected chi connectivity index (χ1v) is 5.81. The van der Waals surface area contributed by atoms with Crippen molar-refractivity contribution in [3.05, 3.63) is 35.1 Å². The topological polar surface area (TPSA) is 92.9 Å². The van der Waals surface area contributed by atoms with Crippen molar-refractivity contribution in [3.63, 3.8) is 0 Å². The number of aromatic nitrogens is 3. The van der Waals surface area contributed by atoms with Crippen molar-refractivity contribution < 1.29 is 9.32 Å². The predicted molar refractivity (Wildman–Crippen MR) is 68.7 cm³/mol. The number of nitrogens with zero attached hydrogens (tertiary/aromatic N) is 3. The summed E-state index contributed by atoms with van der Waals surface area (Å²) in [5.41, 5.74) is 1.91. The van der Waals surface area contributed by atoms with Gasteiger partial charge in [-0.05, 0) is 13.8 Å². The summed E-state index contributed by atoms with van der Waals surface area (Å²) in [5.74, 6) is 0.961. The molecule has 0 aliphatic heterocycles. The van der Waals surface area contributed by atoms with E-state index in [0.29, 0.717) is 18.1 Å². The zero-order chi connectivity index (χ0) is 13.8. The van der Waals surface area contributed by atoms with Crippen LogP contribution < -0.4 is 10.6 Å². The lowest BCUT2D eigenvalue weighted by molar-refractivity contribution is 0.0945. The van der Waals surface area contributed by atoms with Crippen molar-refractivity contribution >= 4 is 11.7 Å². The molecule has 2 heterocycles. The van der Waals surface area contributed by atoms with E-state index in [2.05, 4.69) is 25.8 Å². The van der Waals surface area contributed by atoms with Gasteiger partial charge in [0.25, 0.3) is 5.91 Å². The number of carbonyl (C=O) groups is 1. The van der Waals surface area contributed by atoms with E-state index >= 15 is 0 Å². The Hall–Kier alpha value is -2.44. The van der Waals surface area contributed by atoms with Crippen molar-refractivity contribution in [2.24, 2.45) is 0 Å². The van der Waals surface area contributed by atoms with Crippen LogP contribution in [0.1, 0.15) is 27.5 Å². The number of hydrogen-bond donors (Lipinski definition) is 2. The van der Waals surface area contributed by atoms with Gasteiger partial charge in [0.15, 0.2) is 0 Å². The second kappa shape index (κ2) is 5.47. The molecule has 2 N–H and O–H groups in total. The fourth-order valence-corrected chi connectivity index (χ4v) is 1.61. The van der Waals surface area contributed by atoms with Crippen molar-refractivity contribution in [1.29, 1.82) is 0 Å². The Morgan fingerprint density at radius 2 is 2.16 bits per heavy atom. The standard InChI is InChI=1S/C12H15N5O2/c1-7-9(8(2)19-17-7)4-15-12(18)10-5-14-6-11(13-3)16-10/h5-6H,4H2,1-3H3,(H,13,16)(H,15,18). The molecule has 0 aromatic carbocycles. The lowest BCUT2D eigenvalue weighted by atomic mass is 10.2. The zero-order valence-corrected chi connectivity index (χ0v) is 11.0. The Kier molecular flexibility index (Phi) is 3.74. The molecule has 0 radical (unpaired) electrons. The van der Waals surface area contributed by atoms with Gasteiger partial charge in [0.1, 0.15) is 17.3 Å². The molecule has 0 aliphatic rings. The summed E-state index contributed by atoms with van der Waals surface area (Å²) in [6, 6.07) is 0. The molecule has 19 heavy (non-hydrogen) atoms. The quantitative estimate of drug-likeness (QED) is 0.854. The summed E-state index contributed by atoms with van der Waals surface area (Å²) < 4.78 is 5.03. The largest absolute Gasteiger partial charge is 0.372 e. The zero-order valence-electron chi connectivity index (χ0n) is 11.0. The maximum atomic E-state index is 11.9. The lowest BCUT2D eigenvalue weighted by Crippen LogP contribution is -2.24. The minimum absolute atomic E-state index is 0.263. The average Bonchev–Trinajstić information content (AvgIpc) is 2.75. The van der Waals surface area contributed by atoms with Crippen LogP contribution in [0.15, 0.2) is 16.9 Å². The summed E-state index contributed by atoms with van der Waals surface area (Å²) in [6.07, 6.45) is 2.97. The van der Waals surface area contributed by atoms with Crippen molar-refractivity contribution in [3.8, 4) is 0 Å². The molecule has 7 heteroatoms.